The Morgan fingerprint density at radius 2 is 1.68 bits per heavy atom. The minimum absolute atomic E-state index is 0.133. The van der Waals surface area contributed by atoms with Crippen molar-refractivity contribution < 1.29 is 19.4 Å². The van der Waals surface area contributed by atoms with Crippen molar-refractivity contribution in [2.45, 2.75) is 63.1 Å². The van der Waals surface area contributed by atoms with Crippen LogP contribution in [0.5, 0.6) is 11.5 Å². The maximum Gasteiger partial charge on any atom is 0.254 e. The Hall–Kier alpha value is -2.86. The molecule has 2 aliphatic rings. The fourth-order valence-electron chi connectivity index (χ4n) is 4.56. The van der Waals surface area contributed by atoms with Gasteiger partial charge >= 0.3 is 0 Å². The lowest BCUT2D eigenvalue weighted by Crippen LogP contribution is -2.52. The number of nitrogens with one attached hydrogen (secondary N) is 1. The van der Waals surface area contributed by atoms with Crippen molar-refractivity contribution in [3.8, 4) is 11.5 Å². The molecule has 1 aliphatic heterocycles. The van der Waals surface area contributed by atoms with Gasteiger partial charge in [-0.1, -0.05) is 43.5 Å². The number of hydrogen-bond acceptors (Lipinski definition) is 4. The first kappa shape index (κ1) is 21.4. The number of para-hydroxylation sites is 1. The van der Waals surface area contributed by atoms with E-state index in [0.29, 0.717) is 30.0 Å². The average molecular weight is 423 g/mol. The predicted molar refractivity (Wildman–Crippen MR) is 118 cm³/mol. The molecule has 0 spiro atoms. The number of hydrogen-bond donors (Lipinski definition) is 2. The molecular formula is C25H30N2O4. The molecule has 2 amide bonds. The van der Waals surface area contributed by atoms with Crippen LogP contribution in [0.4, 0.5) is 0 Å². The lowest BCUT2D eigenvalue weighted by molar-refractivity contribution is -0.132. The van der Waals surface area contributed by atoms with Crippen LogP contribution in [-0.4, -0.2) is 46.6 Å². The highest BCUT2D eigenvalue weighted by molar-refractivity contribution is 5.95. The molecule has 164 valence electrons. The minimum Gasteiger partial charge on any atom is -0.457 e. The highest BCUT2D eigenvalue weighted by Crippen LogP contribution is 2.27. The van der Waals surface area contributed by atoms with Gasteiger partial charge in [0, 0.05) is 18.2 Å². The molecule has 1 heterocycles. The number of aliphatic hydroxyl groups excluding tert-OH is 1. The molecule has 0 bridgehead atoms. The third-order valence-corrected chi connectivity index (χ3v) is 6.20. The second-order valence-electron chi connectivity index (χ2n) is 8.44. The molecule has 31 heavy (non-hydrogen) atoms. The quantitative estimate of drug-likeness (QED) is 0.740. The van der Waals surface area contributed by atoms with Crippen LogP contribution in [0.25, 0.3) is 0 Å². The summed E-state index contributed by atoms with van der Waals surface area (Å²) in [6, 6.07) is 16.1. The molecule has 2 N–H and O–H groups in total. The summed E-state index contributed by atoms with van der Waals surface area (Å²) in [4.78, 5) is 27.5. The monoisotopic (exact) mass is 422 g/mol. The Balaban J connectivity index is 1.42. The average Bonchev–Trinajstić information content (AvgIpc) is 3.29. The van der Waals surface area contributed by atoms with Crippen molar-refractivity contribution in [3.05, 3.63) is 60.2 Å². The molecule has 0 aromatic heterocycles. The molecule has 0 radical (unpaired) electrons. The number of amides is 2. The molecule has 1 saturated heterocycles. The van der Waals surface area contributed by atoms with E-state index in [2.05, 4.69) is 5.32 Å². The molecule has 1 aliphatic carbocycles. The van der Waals surface area contributed by atoms with E-state index < -0.39 is 12.1 Å². The van der Waals surface area contributed by atoms with Crippen LogP contribution in [0.3, 0.4) is 0 Å². The zero-order valence-electron chi connectivity index (χ0n) is 17.7. The summed E-state index contributed by atoms with van der Waals surface area (Å²) in [5.41, 5.74) is 0.486. The first-order valence-electron chi connectivity index (χ1n) is 11.2. The molecule has 2 aromatic carbocycles. The molecule has 1 unspecified atom stereocenters. The number of nitrogens with zero attached hydrogens (tertiary/aromatic N) is 1. The van der Waals surface area contributed by atoms with Crippen molar-refractivity contribution >= 4 is 11.8 Å². The van der Waals surface area contributed by atoms with Crippen LogP contribution in [-0.2, 0) is 4.79 Å². The van der Waals surface area contributed by atoms with Gasteiger partial charge < -0.3 is 20.1 Å². The van der Waals surface area contributed by atoms with Gasteiger partial charge in [-0.25, -0.2) is 0 Å². The van der Waals surface area contributed by atoms with Crippen molar-refractivity contribution in [1.29, 1.82) is 0 Å². The van der Waals surface area contributed by atoms with Gasteiger partial charge in [0.1, 0.15) is 11.5 Å². The molecule has 2 aromatic rings. The lowest BCUT2D eigenvalue weighted by atomic mass is 9.95. The molecule has 1 saturated carbocycles. The third-order valence-electron chi connectivity index (χ3n) is 6.20. The number of carbonyl (C=O) groups excluding carboxylic acids is 2. The van der Waals surface area contributed by atoms with Gasteiger partial charge in [0.2, 0.25) is 0 Å². The van der Waals surface area contributed by atoms with Crippen LogP contribution in [0.1, 0.15) is 55.3 Å². The van der Waals surface area contributed by atoms with E-state index in [1.807, 2.05) is 30.3 Å². The van der Waals surface area contributed by atoms with E-state index in [4.69, 9.17) is 4.74 Å². The summed E-state index contributed by atoms with van der Waals surface area (Å²) in [6.07, 6.45) is 5.51. The van der Waals surface area contributed by atoms with E-state index in [1.54, 1.807) is 29.2 Å². The lowest BCUT2D eigenvalue weighted by Gasteiger charge is -2.30. The second-order valence-corrected chi connectivity index (χ2v) is 8.44. The Labute approximate surface area is 183 Å². The summed E-state index contributed by atoms with van der Waals surface area (Å²) in [6.45, 7) is 0.529. The summed E-state index contributed by atoms with van der Waals surface area (Å²) < 4.78 is 5.84. The highest BCUT2D eigenvalue weighted by Gasteiger charge is 2.38. The van der Waals surface area contributed by atoms with Gasteiger partial charge in [-0.15, -0.1) is 0 Å². The van der Waals surface area contributed by atoms with Crippen molar-refractivity contribution in [2.75, 3.05) is 6.54 Å². The maximum atomic E-state index is 13.2. The van der Waals surface area contributed by atoms with Gasteiger partial charge in [-0.05, 0) is 56.0 Å². The second kappa shape index (κ2) is 9.96. The zero-order valence-corrected chi connectivity index (χ0v) is 17.7. The SMILES string of the molecule is O=C(NC1CCCCC1)C(O)[C@@H]1CCCN1C(=O)c1cccc(Oc2ccccc2)c1. The van der Waals surface area contributed by atoms with Gasteiger partial charge in [-0.2, -0.15) is 0 Å². The van der Waals surface area contributed by atoms with E-state index >= 15 is 0 Å². The maximum absolute atomic E-state index is 13.2. The molecule has 6 heteroatoms. The number of rotatable bonds is 6. The topological polar surface area (TPSA) is 78.9 Å². The number of benzene rings is 2. The molecule has 2 fully saturated rings. The van der Waals surface area contributed by atoms with E-state index in [-0.39, 0.29) is 17.9 Å². The number of likely N-dealkylation sites (tertiary alicyclic amines) is 1. The number of carbonyl (C=O) groups is 2. The first-order chi connectivity index (χ1) is 15.1. The van der Waals surface area contributed by atoms with E-state index in [9.17, 15) is 14.7 Å². The van der Waals surface area contributed by atoms with Crippen LogP contribution in [0, 0.1) is 0 Å². The molecule has 6 nitrogen and oxygen atoms in total. The van der Waals surface area contributed by atoms with Crippen LogP contribution >= 0.6 is 0 Å². The Morgan fingerprint density at radius 3 is 2.45 bits per heavy atom. The summed E-state index contributed by atoms with van der Waals surface area (Å²) in [5.74, 6) is 0.715. The molecular weight excluding hydrogens is 392 g/mol. The number of ether oxygens (including phenoxy) is 1. The van der Waals surface area contributed by atoms with Crippen molar-refractivity contribution in [3.63, 3.8) is 0 Å². The van der Waals surface area contributed by atoms with Gasteiger partial charge in [-0.3, -0.25) is 9.59 Å². The third kappa shape index (κ3) is 5.25. The Kier molecular flexibility index (Phi) is 6.87. The predicted octanol–water partition coefficient (Wildman–Crippen LogP) is 3.89. The first-order valence-corrected chi connectivity index (χ1v) is 11.2. The van der Waals surface area contributed by atoms with Gasteiger partial charge in [0.05, 0.1) is 6.04 Å². The van der Waals surface area contributed by atoms with Crippen molar-refractivity contribution in [1.82, 2.24) is 10.2 Å². The van der Waals surface area contributed by atoms with E-state index in [1.165, 1.54) is 6.42 Å². The molecule has 2 atom stereocenters. The van der Waals surface area contributed by atoms with Crippen LogP contribution in [0.2, 0.25) is 0 Å². The Morgan fingerprint density at radius 1 is 0.935 bits per heavy atom. The van der Waals surface area contributed by atoms with E-state index in [0.717, 1.165) is 32.1 Å². The summed E-state index contributed by atoms with van der Waals surface area (Å²) in [7, 11) is 0. The largest absolute Gasteiger partial charge is 0.457 e. The molecule has 4 rings (SSSR count). The fraction of sp³-hybridized carbons (Fsp3) is 0.440. The normalized spacial score (nSPS) is 20.3. The van der Waals surface area contributed by atoms with Crippen LogP contribution < -0.4 is 10.1 Å². The smallest absolute Gasteiger partial charge is 0.254 e. The summed E-state index contributed by atoms with van der Waals surface area (Å²) in [5, 5.41) is 13.7. The van der Waals surface area contributed by atoms with Gasteiger partial charge in [0.15, 0.2) is 6.10 Å². The standard InChI is InChI=1S/C25H30N2O4/c28-23(24(29)26-19-10-3-1-4-11-19)22-15-8-16-27(22)25(30)18-9-7-14-21(17-18)31-20-12-5-2-6-13-20/h2,5-7,9,12-14,17,19,22-23,28H,1,3-4,8,10-11,15-16H2,(H,26,29)/t22-,23?/m0/s1. The van der Waals surface area contributed by atoms with Gasteiger partial charge in [0.25, 0.3) is 11.8 Å². The Bertz CT molecular complexity index is 895. The fourth-order valence-corrected chi connectivity index (χ4v) is 4.56. The van der Waals surface area contributed by atoms with Crippen molar-refractivity contribution in [2.24, 2.45) is 0 Å². The minimum atomic E-state index is -1.21. The zero-order chi connectivity index (χ0) is 21.6. The summed E-state index contributed by atoms with van der Waals surface area (Å²) >= 11 is 0. The number of aliphatic hydroxyl groups is 1. The highest BCUT2D eigenvalue weighted by atomic mass is 16.5. The van der Waals surface area contributed by atoms with Crippen LogP contribution in [0.15, 0.2) is 54.6 Å².